The molecule has 0 saturated heterocycles. The molecule has 0 radical (unpaired) electrons. The first kappa shape index (κ1) is 20.7. The zero-order valence-electron chi connectivity index (χ0n) is 16.1. The highest BCUT2D eigenvalue weighted by molar-refractivity contribution is 6.00. The average molecular weight is 378 g/mol. The lowest BCUT2D eigenvalue weighted by Crippen LogP contribution is -2.22. The second kappa shape index (κ2) is 9.93. The summed E-state index contributed by atoms with van der Waals surface area (Å²) in [5.41, 5.74) is 2.11. The standard InChI is InChI=1S/C22H22N2O4/c1-15(2)19-6-4-5-7-20(19)24-21(25)14-28-22(26)17(13-23)12-16-8-10-18(27-3)11-9-16/h4-12,15H,14H2,1-3H3,(H,24,25)/b17-12+. The number of rotatable bonds is 7. The molecule has 2 aromatic carbocycles. The van der Waals surface area contributed by atoms with Crippen molar-refractivity contribution in [2.45, 2.75) is 19.8 Å². The lowest BCUT2D eigenvalue weighted by molar-refractivity contribution is -0.142. The monoisotopic (exact) mass is 378 g/mol. The summed E-state index contributed by atoms with van der Waals surface area (Å²) < 4.78 is 10.0. The van der Waals surface area contributed by atoms with E-state index in [4.69, 9.17) is 9.47 Å². The van der Waals surface area contributed by atoms with Gasteiger partial charge in [-0.3, -0.25) is 4.79 Å². The van der Waals surface area contributed by atoms with Gasteiger partial charge in [0.2, 0.25) is 0 Å². The van der Waals surface area contributed by atoms with E-state index < -0.39 is 18.5 Å². The fourth-order valence-electron chi connectivity index (χ4n) is 2.51. The molecule has 0 heterocycles. The van der Waals surface area contributed by atoms with Crippen LogP contribution in [0.25, 0.3) is 6.08 Å². The van der Waals surface area contributed by atoms with Crippen LogP contribution in [0.15, 0.2) is 54.1 Å². The van der Waals surface area contributed by atoms with Gasteiger partial charge in [0.1, 0.15) is 17.4 Å². The summed E-state index contributed by atoms with van der Waals surface area (Å²) in [4.78, 5) is 24.2. The number of methoxy groups -OCH3 is 1. The van der Waals surface area contributed by atoms with E-state index in [1.54, 1.807) is 43.5 Å². The molecule has 2 aromatic rings. The summed E-state index contributed by atoms with van der Waals surface area (Å²) in [7, 11) is 1.55. The van der Waals surface area contributed by atoms with Crippen LogP contribution in [-0.4, -0.2) is 25.6 Å². The van der Waals surface area contributed by atoms with E-state index in [1.807, 2.05) is 32.0 Å². The van der Waals surface area contributed by atoms with E-state index in [0.29, 0.717) is 17.0 Å². The molecule has 28 heavy (non-hydrogen) atoms. The second-order valence-corrected chi connectivity index (χ2v) is 6.31. The van der Waals surface area contributed by atoms with Crippen molar-refractivity contribution in [2.75, 3.05) is 19.0 Å². The van der Waals surface area contributed by atoms with Crippen molar-refractivity contribution in [3.63, 3.8) is 0 Å². The van der Waals surface area contributed by atoms with Crippen LogP contribution in [0.1, 0.15) is 30.9 Å². The quantitative estimate of drug-likeness (QED) is 0.448. The average Bonchev–Trinajstić information content (AvgIpc) is 2.71. The van der Waals surface area contributed by atoms with Crippen LogP contribution in [0, 0.1) is 11.3 Å². The summed E-state index contributed by atoms with van der Waals surface area (Å²) in [5, 5.41) is 11.9. The number of carbonyl (C=O) groups excluding carboxylic acids is 2. The first-order valence-corrected chi connectivity index (χ1v) is 8.76. The molecule has 0 unspecified atom stereocenters. The Hall–Kier alpha value is -3.59. The van der Waals surface area contributed by atoms with Gasteiger partial charge in [-0.1, -0.05) is 44.2 Å². The van der Waals surface area contributed by atoms with Gasteiger partial charge in [0.15, 0.2) is 6.61 Å². The Balaban J connectivity index is 1.98. The largest absolute Gasteiger partial charge is 0.497 e. The van der Waals surface area contributed by atoms with Crippen LogP contribution in [0.4, 0.5) is 5.69 Å². The second-order valence-electron chi connectivity index (χ2n) is 6.31. The highest BCUT2D eigenvalue weighted by atomic mass is 16.5. The highest BCUT2D eigenvalue weighted by Gasteiger charge is 2.14. The Morgan fingerprint density at radius 1 is 1.14 bits per heavy atom. The Morgan fingerprint density at radius 3 is 2.43 bits per heavy atom. The smallest absolute Gasteiger partial charge is 0.349 e. The van der Waals surface area contributed by atoms with Gasteiger partial charge < -0.3 is 14.8 Å². The van der Waals surface area contributed by atoms with Crippen LogP contribution >= 0.6 is 0 Å². The number of amides is 1. The van der Waals surface area contributed by atoms with E-state index in [-0.39, 0.29) is 11.5 Å². The molecular formula is C22H22N2O4. The Kier molecular flexibility index (Phi) is 7.35. The molecule has 6 nitrogen and oxygen atoms in total. The van der Waals surface area contributed by atoms with E-state index in [2.05, 4.69) is 5.32 Å². The molecule has 1 amide bonds. The minimum absolute atomic E-state index is 0.194. The van der Waals surface area contributed by atoms with Crippen molar-refractivity contribution in [3.05, 3.63) is 65.2 Å². The molecule has 144 valence electrons. The lowest BCUT2D eigenvalue weighted by atomic mass is 10.0. The molecule has 0 atom stereocenters. The number of para-hydroxylation sites is 1. The molecule has 0 saturated carbocycles. The molecule has 6 heteroatoms. The third-order valence-corrected chi connectivity index (χ3v) is 3.96. The third-order valence-electron chi connectivity index (χ3n) is 3.96. The van der Waals surface area contributed by atoms with Gasteiger partial charge in [0.25, 0.3) is 5.91 Å². The fraction of sp³-hybridized carbons (Fsp3) is 0.227. The number of esters is 1. The Morgan fingerprint density at radius 2 is 1.82 bits per heavy atom. The number of anilines is 1. The maximum Gasteiger partial charge on any atom is 0.349 e. The van der Waals surface area contributed by atoms with Crippen LogP contribution in [0.2, 0.25) is 0 Å². The number of nitriles is 1. The van der Waals surface area contributed by atoms with Gasteiger partial charge in [0, 0.05) is 5.69 Å². The number of hydrogen-bond acceptors (Lipinski definition) is 5. The number of hydrogen-bond donors (Lipinski definition) is 1. The number of benzene rings is 2. The SMILES string of the molecule is COc1ccc(/C=C(\C#N)C(=O)OCC(=O)Nc2ccccc2C(C)C)cc1. The normalized spacial score (nSPS) is 10.9. The topological polar surface area (TPSA) is 88.4 Å². The molecule has 1 N–H and O–H groups in total. The van der Waals surface area contributed by atoms with E-state index >= 15 is 0 Å². The minimum Gasteiger partial charge on any atom is -0.497 e. The molecule has 0 aliphatic carbocycles. The van der Waals surface area contributed by atoms with Crippen molar-refractivity contribution in [1.29, 1.82) is 5.26 Å². The van der Waals surface area contributed by atoms with Crippen LogP contribution < -0.4 is 10.1 Å². The molecule has 2 rings (SSSR count). The molecular weight excluding hydrogens is 356 g/mol. The summed E-state index contributed by atoms with van der Waals surface area (Å²) in [6.45, 7) is 3.56. The van der Waals surface area contributed by atoms with Crippen LogP contribution in [0.3, 0.4) is 0 Å². The van der Waals surface area contributed by atoms with Gasteiger partial charge in [-0.25, -0.2) is 4.79 Å². The highest BCUT2D eigenvalue weighted by Crippen LogP contribution is 2.23. The van der Waals surface area contributed by atoms with E-state index in [9.17, 15) is 14.9 Å². The first-order valence-electron chi connectivity index (χ1n) is 8.76. The predicted molar refractivity (Wildman–Crippen MR) is 107 cm³/mol. The van der Waals surface area contributed by atoms with Crippen molar-refractivity contribution >= 4 is 23.6 Å². The van der Waals surface area contributed by atoms with Crippen molar-refractivity contribution in [1.82, 2.24) is 0 Å². The maximum absolute atomic E-state index is 12.1. The minimum atomic E-state index is -0.856. The van der Waals surface area contributed by atoms with E-state index in [0.717, 1.165) is 5.56 Å². The summed E-state index contributed by atoms with van der Waals surface area (Å²) in [6, 6.07) is 16.1. The Labute approximate surface area is 164 Å². The van der Waals surface area contributed by atoms with Crippen molar-refractivity contribution in [2.24, 2.45) is 0 Å². The summed E-state index contributed by atoms with van der Waals surface area (Å²) >= 11 is 0. The van der Waals surface area contributed by atoms with Gasteiger partial charge in [0.05, 0.1) is 7.11 Å². The number of ether oxygens (including phenoxy) is 2. The zero-order valence-corrected chi connectivity index (χ0v) is 16.1. The van der Waals surface area contributed by atoms with E-state index in [1.165, 1.54) is 6.08 Å². The summed E-state index contributed by atoms with van der Waals surface area (Å²) in [6.07, 6.45) is 1.40. The van der Waals surface area contributed by atoms with Crippen LogP contribution in [-0.2, 0) is 14.3 Å². The molecule has 0 fully saturated rings. The van der Waals surface area contributed by atoms with Crippen molar-refractivity contribution < 1.29 is 19.1 Å². The van der Waals surface area contributed by atoms with Gasteiger partial charge in [-0.2, -0.15) is 5.26 Å². The van der Waals surface area contributed by atoms with Gasteiger partial charge in [-0.15, -0.1) is 0 Å². The lowest BCUT2D eigenvalue weighted by Gasteiger charge is -2.13. The third kappa shape index (κ3) is 5.71. The first-order chi connectivity index (χ1) is 13.4. The number of nitrogens with zero attached hydrogens (tertiary/aromatic N) is 1. The maximum atomic E-state index is 12.1. The van der Waals surface area contributed by atoms with Gasteiger partial charge >= 0.3 is 5.97 Å². The molecule has 0 aliphatic rings. The molecule has 0 aliphatic heterocycles. The van der Waals surface area contributed by atoms with Crippen LogP contribution in [0.5, 0.6) is 5.75 Å². The molecule has 0 spiro atoms. The fourth-order valence-corrected chi connectivity index (χ4v) is 2.51. The predicted octanol–water partition coefficient (Wildman–Crippen LogP) is 3.91. The number of nitrogens with one attached hydrogen (secondary N) is 1. The summed E-state index contributed by atoms with van der Waals surface area (Å²) in [5.74, 6) is -0.429. The number of carbonyl (C=O) groups is 2. The van der Waals surface area contributed by atoms with Gasteiger partial charge in [-0.05, 0) is 41.3 Å². The van der Waals surface area contributed by atoms with Crippen molar-refractivity contribution in [3.8, 4) is 11.8 Å². The zero-order chi connectivity index (χ0) is 20.5. The molecule has 0 bridgehead atoms. The molecule has 0 aromatic heterocycles. The Bertz CT molecular complexity index is 909.